The molecule has 11 rings (SSSR count). The molecule has 1 fully saturated rings. The smallest absolute Gasteiger partial charge is 0.356 e. The van der Waals surface area contributed by atoms with E-state index >= 15 is 0 Å². The third-order valence-electron chi connectivity index (χ3n) is 13.8. The molecule has 1 saturated heterocycles. The number of aromatic amines is 3. The maximum absolute atomic E-state index is 14.7. The minimum absolute atomic E-state index is 0.125. The second-order valence-electron chi connectivity index (χ2n) is 21.2. The van der Waals surface area contributed by atoms with Gasteiger partial charge >= 0.3 is 12.4 Å². The summed E-state index contributed by atoms with van der Waals surface area (Å²) in [6.45, 7) is 3.97. The van der Waals surface area contributed by atoms with Gasteiger partial charge in [-0.3, -0.25) is 14.4 Å². The summed E-state index contributed by atoms with van der Waals surface area (Å²) in [5, 5.41) is 14.5. The summed E-state index contributed by atoms with van der Waals surface area (Å²) in [6, 6.07) is 18.0. The van der Waals surface area contributed by atoms with E-state index in [1.54, 1.807) is 73.6 Å². The normalized spacial score (nSPS) is 14.6. The molecular formula is C57H54F10N18O3. The molecular weight excluding hydrogens is 1170 g/mol. The van der Waals surface area contributed by atoms with Crippen molar-refractivity contribution in [3.63, 3.8) is 0 Å². The number of carbonyl (C=O) groups is 3. The van der Waals surface area contributed by atoms with Crippen molar-refractivity contribution >= 4 is 79.2 Å². The van der Waals surface area contributed by atoms with Crippen molar-refractivity contribution in [2.24, 2.45) is 0 Å². The summed E-state index contributed by atoms with van der Waals surface area (Å²) in [4.78, 5) is 85.9. The summed E-state index contributed by atoms with van der Waals surface area (Å²) in [6.07, 6.45) is 0.994. The topological polar surface area (TPSA) is 278 Å². The van der Waals surface area contributed by atoms with Crippen LogP contribution in [0.1, 0.15) is 47.5 Å². The quantitative estimate of drug-likeness (QED) is 0.0443. The van der Waals surface area contributed by atoms with Gasteiger partial charge < -0.3 is 46.4 Å². The van der Waals surface area contributed by atoms with Gasteiger partial charge in [-0.1, -0.05) is 12.1 Å². The summed E-state index contributed by atoms with van der Waals surface area (Å²) in [7, 11) is 0. The van der Waals surface area contributed by atoms with Crippen LogP contribution in [0.5, 0.6) is 0 Å². The lowest BCUT2D eigenvalue weighted by molar-refractivity contribution is -0.141. The molecule has 88 heavy (non-hydrogen) atoms. The van der Waals surface area contributed by atoms with Crippen molar-refractivity contribution in [3.8, 4) is 34.2 Å². The SMILES string of the molecule is CC(C)(Nc1nc(-c2c[nH]c3ncccc23)nc2ccccc12)C(=O)NCC(F)(F)F.CC(C)(Nc1nc(-c2c[nH]c3ncccc23)ncc1F)C(=O)NCC(F)F.C[C@]1(C(=O)NCC(F)(F)F)CCCN1c1nc(-c2c[nH]c3ncccc23)ncc1F. The highest BCUT2D eigenvalue weighted by atomic mass is 19.4. The summed E-state index contributed by atoms with van der Waals surface area (Å²) >= 11 is 0. The molecule has 1 atom stereocenters. The van der Waals surface area contributed by atoms with E-state index in [1.807, 2.05) is 34.9 Å². The number of nitrogens with zero attached hydrogens (tertiary/aromatic N) is 10. The first kappa shape index (κ1) is 62.4. The number of benzene rings is 1. The molecule has 460 valence electrons. The van der Waals surface area contributed by atoms with E-state index < -0.39 is 84.4 Å². The van der Waals surface area contributed by atoms with Crippen molar-refractivity contribution in [1.29, 1.82) is 0 Å². The van der Waals surface area contributed by atoms with Crippen molar-refractivity contribution < 1.29 is 58.3 Å². The summed E-state index contributed by atoms with van der Waals surface area (Å²) in [5.41, 5.74) is 0.375. The Morgan fingerprint density at radius 2 is 1.05 bits per heavy atom. The molecule has 3 amide bonds. The van der Waals surface area contributed by atoms with Crippen LogP contribution in [0, 0.1) is 11.6 Å². The maximum atomic E-state index is 14.7. The fraction of sp³-hybridized carbons (Fsp3) is 0.298. The van der Waals surface area contributed by atoms with Crippen LogP contribution in [0.4, 0.5) is 61.4 Å². The van der Waals surface area contributed by atoms with E-state index in [0.717, 1.165) is 34.1 Å². The van der Waals surface area contributed by atoms with Gasteiger partial charge in [0.1, 0.15) is 52.5 Å². The number of fused-ring (bicyclic) bond motifs is 4. The molecule has 9 aromatic heterocycles. The fourth-order valence-electron chi connectivity index (χ4n) is 9.38. The van der Waals surface area contributed by atoms with E-state index in [2.05, 4.69) is 75.8 Å². The van der Waals surface area contributed by atoms with Crippen LogP contribution in [0.2, 0.25) is 0 Å². The van der Waals surface area contributed by atoms with E-state index in [1.165, 1.54) is 39.5 Å². The van der Waals surface area contributed by atoms with Crippen LogP contribution >= 0.6 is 0 Å². The van der Waals surface area contributed by atoms with Crippen LogP contribution in [0.3, 0.4) is 0 Å². The van der Waals surface area contributed by atoms with Gasteiger partial charge in [0.05, 0.1) is 24.5 Å². The molecule has 0 saturated carbocycles. The number of anilines is 3. The predicted octanol–water partition coefficient (Wildman–Crippen LogP) is 9.97. The highest BCUT2D eigenvalue weighted by Crippen LogP contribution is 2.37. The van der Waals surface area contributed by atoms with Gasteiger partial charge in [-0.05, 0) is 96.0 Å². The molecule has 1 aromatic carbocycles. The van der Waals surface area contributed by atoms with E-state index in [4.69, 9.17) is 0 Å². The minimum Gasteiger partial charge on any atom is -0.356 e. The molecule has 0 radical (unpaired) electrons. The number of H-pyrrole nitrogens is 3. The van der Waals surface area contributed by atoms with Crippen LogP contribution < -0.4 is 31.5 Å². The predicted molar refractivity (Wildman–Crippen MR) is 306 cm³/mol. The standard InChI is InChI=1S/C21H19F3N6O.C19H18F4N6O.C17H17F3N6O/c1-20(2,19(31)27-11-21(22,23)24)30-18-13-6-3-4-8-15(13)28-17(29-18)14-10-26-16-12(14)7-5-9-25-16;1-18(17(30)27-10-19(21,22)23)5-3-7-29(18)16-13(20)9-26-15(28-16)12-8-25-14-11(12)4-2-6-24-14;1-17(2,16(27)24-8-12(19)20)26-15-11(18)7-23-14(25-15)10-6-22-13-9(10)4-3-5-21-13/h3-10H,11H2,1-2H3,(H,25,26)(H,27,31)(H,28,29,30);2,4,6,8-9H,3,5,7,10H2,1H3,(H,24,25)(H,27,30);3-7,12H,8H2,1-2H3,(H,21,22)(H,24,27)(H,23,25,26)/t;18-;/m.1./s1. The van der Waals surface area contributed by atoms with Crippen LogP contribution in [-0.2, 0) is 14.4 Å². The van der Waals surface area contributed by atoms with Gasteiger partial charge in [-0.15, -0.1) is 0 Å². The zero-order valence-electron chi connectivity index (χ0n) is 47.2. The third kappa shape index (κ3) is 14.2. The van der Waals surface area contributed by atoms with Crippen LogP contribution in [0.15, 0.2) is 110 Å². The van der Waals surface area contributed by atoms with Gasteiger partial charge in [-0.25, -0.2) is 62.4 Å². The van der Waals surface area contributed by atoms with Crippen LogP contribution in [0.25, 0.3) is 78.2 Å². The van der Waals surface area contributed by atoms with E-state index in [0.29, 0.717) is 57.0 Å². The molecule has 21 nitrogen and oxygen atoms in total. The lowest BCUT2D eigenvalue weighted by Crippen LogP contribution is -2.55. The number of para-hydroxylation sites is 1. The molecule has 10 heterocycles. The zero-order chi connectivity index (χ0) is 63.3. The molecule has 0 bridgehead atoms. The van der Waals surface area contributed by atoms with Gasteiger partial charge in [0.15, 0.2) is 40.7 Å². The second-order valence-corrected chi connectivity index (χ2v) is 21.2. The number of pyridine rings is 3. The second kappa shape index (κ2) is 25.1. The van der Waals surface area contributed by atoms with Crippen molar-refractivity contribution in [2.45, 2.75) is 82.9 Å². The molecule has 1 aliphatic rings. The number of carbonyl (C=O) groups excluding carboxylic acids is 3. The Labute approximate surface area is 492 Å². The minimum atomic E-state index is -4.54. The molecule has 0 spiro atoms. The maximum Gasteiger partial charge on any atom is 0.405 e. The number of rotatable bonds is 15. The average Bonchev–Trinajstić information content (AvgIpc) is 1.61. The number of amides is 3. The number of halogens is 10. The molecule has 10 aromatic rings. The Kier molecular flexibility index (Phi) is 17.8. The highest BCUT2D eigenvalue weighted by Gasteiger charge is 2.46. The number of nitrogens with one attached hydrogen (secondary N) is 8. The lowest BCUT2D eigenvalue weighted by Gasteiger charge is -2.35. The average molecular weight is 1230 g/mol. The van der Waals surface area contributed by atoms with Gasteiger partial charge in [0.25, 0.3) is 6.43 Å². The Morgan fingerprint density at radius 1 is 0.580 bits per heavy atom. The molecule has 0 unspecified atom stereocenters. The zero-order valence-corrected chi connectivity index (χ0v) is 47.2. The number of hydrogen-bond acceptors (Lipinski definition) is 15. The molecule has 0 aliphatic carbocycles. The first-order valence-electron chi connectivity index (χ1n) is 26.8. The Morgan fingerprint density at radius 3 is 1.59 bits per heavy atom. The Hall–Kier alpha value is -10.1. The van der Waals surface area contributed by atoms with Crippen molar-refractivity contribution in [3.05, 3.63) is 122 Å². The Balaban J connectivity index is 0.000000158. The molecule has 1 aliphatic heterocycles. The molecule has 31 heteroatoms. The van der Waals surface area contributed by atoms with Crippen LogP contribution in [-0.4, -0.2) is 139 Å². The monoisotopic (exact) mass is 1230 g/mol. The number of hydrogen-bond donors (Lipinski definition) is 8. The summed E-state index contributed by atoms with van der Waals surface area (Å²) < 4.78 is 129. The largest absolute Gasteiger partial charge is 0.405 e. The van der Waals surface area contributed by atoms with Gasteiger partial charge in [0.2, 0.25) is 17.7 Å². The van der Waals surface area contributed by atoms with Crippen molar-refractivity contribution in [1.82, 2.24) is 75.8 Å². The van der Waals surface area contributed by atoms with E-state index in [9.17, 15) is 58.3 Å². The number of alkyl halides is 8. The fourth-order valence-corrected chi connectivity index (χ4v) is 9.38. The van der Waals surface area contributed by atoms with E-state index in [-0.39, 0.29) is 36.3 Å². The molecule has 8 N–H and O–H groups in total. The number of aromatic nitrogens is 12. The van der Waals surface area contributed by atoms with Crippen molar-refractivity contribution in [2.75, 3.05) is 41.7 Å². The Bertz CT molecular complexity index is 4170. The van der Waals surface area contributed by atoms with Gasteiger partial charge in [0, 0.05) is 82.0 Å². The highest BCUT2D eigenvalue weighted by molar-refractivity contribution is 5.98. The lowest BCUT2D eigenvalue weighted by atomic mass is 9.97. The third-order valence-corrected chi connectivity index (χ3v) is 13.8. The summed E-state index contributed by atoms with van der Waals surface area (Å²) in [5.74, 6) is -3.02. The first-order valence-corrected chi connectivity index (χ1v) is 26.8. The first-order chi connectivity index (χ1) is 41.6. The van der Waals surface area contributed by atoms with Gasteiger partial charge in [-0.2, -0.15) is 26.3 Å².